The van der Waals surface area contributed by atoms with Gasteiger partial charge in [0, 0.05) is 25.7 Å². The molecule has 6 atom stereocenters. The van der Waals surface area contributed by atoms with Crippen LogP contribution < -0.4 is 0 Å². The zero-order chi connectivity index (χ0) is 13.6. The van der Waals surface area contributed by atoms with Crippen LogP contribution >= 0.6 is 0 Å². The summed E-state index contributed by atoms with van der Waals surface area (Å²) in [6.45, 7) is 2.87. The topological polar surface area (TPSA) is 52.6 Å². The smallest absolute Gasteiger partial charge is 0.303 e. The predicted molar refractivity (Wildman–Crippen MR) is 68.0 cm³/mol. The van der Waals surface area contributed by atoms with Gasteiger partial charge in [-0.25, -0.2) is 0 Å². The van der Waals surface area contributed by atoms with E-state index in [0.29, 0.717) is 11.8 Å². The van der Waals surface area contributed by atoms with Crippen molar-refractivity contribution in [2.75, 3.05) is 0 Å². The summed E-state index contributed by atoms with van der Waals surface area (Å²) in [7, 11) is 0. The monoisotopic (exact) mass is 262 g/mol. The lowest BCUT2D eigenvalue weighted by Crippen LogP contribution is -2.43. The first-order valence-corrected chi connectivity index (χ1v) is 6.77. The molecule has 0 spiro atoms. The number of carbonyl (C=O) groups excluding carboxylic acids is 2. The molecule has 0 heterocycles. The summed E-state index contributed by atoms with van der Waals surface area (Å²) < 4.78 is 10.8. The van der Waals surface area contributed by atoms with Crippen LogP contribution in [0.25, 0.3) is 0 Å². The van der Waals surface area contributed by atoms with E-state index in [2.05, 4.69) is 12.2 Å². The number of allylic oxidation sites excluding steroid dienone is 2. The molecule has 0 aliphatic heterocycles. The van der Waals surface area contributed by atoms with Crippen LogP contribution in [0, 0.1) is 23.7 Å². The Balaban J connectivity index is 1.87. The number of hydrogen-bond acceptors (Lipinski definition) is 4. The third-order valence-corrected chi connectivity index (χ3v) is 4.44. The van der Waals surface area contributed by atoms with Crippen LogP contribution in [0.4, 0.5) is 0 Å². The molecule has 0 amide bonds. The van der Waals surface area contributed by atoms with E-state index < -0.39 is 0 Å². The number of fused-ring (bicyclic) bond motifs is 5. The molecular formula is C15H18O4. The Morgan fingerprint density at radius 2 is 1.26 bits per heavy atom. The third kappa shape index (κ3) is 2.09. The average Bonchev–Trinajstić information content (AvgIpc) is 2.91. The molecule has 0 radical (unpaired) electrons. The van der Waals surface area contributed by atoms with Gasteiger partial charge in [0.05, 0.1) is 0 Å². The molecule has 3 rings (SSSR count). The summed E-state index contributed by atoms with van der Waals surface area (Å²) >= 11 is 0. The highest BCUT2D eigenvalue weighted by Gasteiger charge is 2.53. The highest BCUT2D eigenvalue weighted by atomic mass is 16.6. The highest BCUT2D eigenvalue weighted by molar-refractivity contribution is 5.67. The SMILES string of the molecule is CC(=O)O[C@H]1C=C[C@@H](OC(C)=O)[C@@H]2[C@H]1[C@@H]1C=C[C@H]2C1. The number of esters is 2. The Bertz CT molecular complexity index is 425. The molecule has 0 aromatic heterocycles. The first-order valence-electron chi connectivity index (χ1n) is 6.77. The molecule has 2 bridgehead atoms. The zero-order valence-corrected chi connectivity index (χ0v) is 11.1. The number of hydrogen-bond donors (Lipinski definition) is 0. The molecule has 102 valence electrons. The molecule has 1 saturated carbocycles. The molecule has 1 fully saturated rings. The van der Waals surface area contributed by atoms with E-state index in [-0.39, 0.29) is 36.0 Å². The van der Waals surface area contributed by atoms with E-state index in [1.807, 2.05) is 12.2 Å². The summed E-state index contributed by atoms with van der Waals surface area (Å²) in [5.41, 5.74) is 0. The molecule has 4 heteroatoms. The Morgan fingerprint density at radius 3 is 1.63 bits per heavy atom. The van der Waals surface area contributed by atoms with Gasteiger partial charge in [-0.3, -0.25) is 9.59 Å². The van der Waals surface area contributed by atoms with Gasteiger partial charge in [-0.2, -0.15) is 0 Å². The number of rotatable bonds is 2. The van der Waals surface area contributed by atoms with Crippen molar-refractivity contribution in [1.82, 2.24) is 0 Å². The van der Waals surface area contributed by atoms with Crippen molar-refractivity contribution in [3.8, 4) is 0 Å². The predicted octanol–water partition coefficient (Wildman–Crippen LogP) is 1.86. The standard InChI is InChI=1S/C15H18O4/c1-8(16)18-12-5-6-13(19-9(2)17)15-11-4-3-10(7-11)14(12)15/h3-6,10-15H,7H2,1-2H3/t10-,11+,12+,13-,14+,15-. The second-order valence-electron chi connectivity index (χ2n) is 5.64. The Labute approximate surface area is 112 Å². The lowest BCUT2D eigenvalue weighted by atomic mass is 9.73. The minimum atomic E-state index is -0.258. The van der Waals surface area contributed by atoms with Crippen LogP contribution in [-0.2, 0) is 19.1 Å². The minimum absolute atomic E-state index is 0.186. The number of ether oxygens (including phenoxy) is 2. The van der Waals surface area contributed by atoms with E-state index in [0.717, 1.165) is 6.42 Å². The van der Waals surface area contributed by atoms with Gasteiger partial charge >= 0.3 is 11.9 Å². The van der Waals surface area contributed by atoms with E-state index in [1.165, 1.54) is 13.8 Å². The number of carbonyl (C=O) groups is 2. The zero-order valence-electron chi connectivity index (χ0n) is 11.1. The molecule has 0 unspecified atom stereocenters. The summed E-state index contributed by atoms with van der Waals surface area (Å²) in [6.07, 6.45) is 8.89. The van der Waals surface area contributed by atoms with Crippen LogP contribution in [-0.4, -0.2) is 24.1 Å². The second kappa shape index (κ2) is 4.51. The second-order valence-corrected chi connectivity index (χ2v) is 5.64. The molecule has 0 saturated heterocycles. The van der Waals surface area contributed by atoms with Crippen LogP contribution in [0.5, 0.6) is 0 Å². The van der Waals surface area contributed by atoms with Crippen molar-refractivity contribution >= 4 is 11.9 Å². The lowest BCUT2D eigenvalue weighted by molar-refractivity contribution is -0.155. The largest absolute Gasteiger partial charge is 0.458 e. The summed E-state index contributed by atoms with van der Waals surface area (Å²) in [5, 5.41) is 0. The molecule has 3 aliphatic rings. The van der Waals surface area contributed by atoms with Gasteiger partial charge in [-0.05, 0) is 30.4 Å². The molecule has 0 aromatic rings. The van der Waals surface area contributed by atoms with E-state index in [1.54, 1.807) is 0 Å². The first kappa shape index (κ1) is 12.5. The van der Waals surface area contributed by atoms with E-state index in [9.17, 15) is 9.59 Å². The molecule has 19 heavy (non-hydrogen) atoms. The van der Waals surface area contributed by atoms with Crippen molar-refractivity contribution in [3.63, 3.8) is 0 Å². The van der Waals surface area contributed by atoms with Gasteiger partial charge in [0.1, 0.15) is 12.2 Å². The van der Waals surface area contributed by atoms with Crippen molar-refractivity contribution in [3.05, 3.63) is 24.3 Å². The van der Waals surface area contributed by atoms with Crippen LogP contribution in [0.3, 0.4) is 0 Å². The van der Waals surface area contributed by atoms with E-state index >= 15 is 0 Å². The minimum Gasteiger partial charge on any atom is -0.458 e. The fourth-order valence-corrected chi connectivity index (χ4v) is 3.92. The fourth-order valence-electron chi connectivity index (χ4n) is 3.92. The van der Waals surface area contributed by atoms with Gasteiger partial charge in [-0.15, -0.1) is 0 Å². The normalized spacial score (nSPS) is 42.0. The molecule has 0 aromatic carbocycles. The van der Waals surface area contributed by atoms with Crippen molar-refractivity contribution in [2.45, 2.75) is 32.5 Å². The van der Waals surface area contributed by atoms with Crippen molar-refractivity contribution in [2.24, 2.45) is 23.7 Å². The summed E-state index contributed by atoms with van der Waals surface area (Å²) in [6, 6.07) is 0. The van der Waals surface area contributed by atoms with Crippen molar-refractivity contribution in [1.29, 1.82) is 0 Å². The summed E-state index contributed by atoms with van der Waals surface area (Å²) in [5.74, 6) is 0.836. The highest BCUT2D eigenvalue weighted by Crippen LogP contribution is 2.53. The molecule has 3 aliphatic carbocycles. The first-order chi connectivity index (χ1) is 9.06. The maximum Gasteiger partial charge on any atom is 0.303 e. The van der Waals surface area contributed by atoms with E-state index in [4.69, 9.17) is 9.47 Å². The van der Waals surface area contributed by atoms with Gasteiger partial charge < -0.3 is 9.47 Å². The van der Waals surface area contributed by atoms with Gasteiger partial charge in [0.2, 0.25) is 0 Å². The Morgan fingerprint density at radius 1 is 0.842 bits per heavy atom. The Kier molecular flexibility index (Phi) is 2.96. The van der Waals surface area contributed by atoms with Gasteiger partial charge in [0.25, 0.3) is 0 Å². The molecular weight excluding hydrogens is 244 g/mol. The van der Waals surface area contributed by atoms with Crippen LogP contribution in [0.1, 0.15) is 20.3 Å². The molecule has 0 N–H and O–H groups in total. The van der Waals surface area contributed by atoms with Crippen LogP contribution in [0.2, 0.25) is 0 Å². The fraction of sp³-hybridized carbons (Fsp3) is 0.600. The maximum absolute atomic E-state index is 11.2. The summed E-state index contributed by atoms with van der Waals surface area (Å²) in [4.78, 5) is 22.4. The molecule has 4 nitrogen and oxygen atoms in total. The van der Waals surface area contributed by atoms with Crippen LogP contribution in [0.15, 0.2) is 24.3 Å². The lowest BCUT2D eigenvalue weighted by Gasteiger charge is -2.39. The maximum atomic E-state index is 11.2. The van der Waals surface area contributed by atoms with Crippen molar-refractivity contribution < 1.29 is 19.1 Å². The van der Waals surface area contributed by atoms with Gasteiger partial charge in [0.15, 0.2) is 0 Å². The quantitative estimate of drug-likeness (QED) is 0.563. The Hall–Kier alpha value is -1.58. The van der Waals surface area contributed by atoms with Gasteiger partial charge in [-0.1, -0.05) is 12.2 Å². The third-order valence-electron chi connectivity index (χ3n) is 4.44. The average molecular weight is 262 g/mol.